The van der Waals surface area contributed by atoms with Crippen LogP contribution >= 0.6 is 0 Å². The SMILES string of the molecule is CCO[C@H]1C[C@@H](OCC(=O)NC23CC(NC(=O)c4ccc5cc(C(F)(F)F)ccc5n4)(C2)C3)C1. The zero-order chi connectivity index (χ0) is 24.1. The van der Waals surface area contributed by atoms with Gasteiger partial charge in [0.1, 0.15) is 12.3 Å². The first-order valence-corrected chi connectivity index (χ1v) is 11.4. The zero-order valence-corrected chi connectivity index (χ0v) is 18.7. The van der Waals surface area contributed by atoms with Crippen molar-refractivity contribution in [1.29, 1.82) is 0 Å². The van der Waals surface area contributed by atoms with Gasteiger partial charge in [-0.2, -0.15) is 13.2 Å². The highest BCUT2D eigenvalue weighted by molar-refractivity contribution is 5.96. The average molecular weight is 477 g/mol. The van der Waals surface area contributed by atoms with Crippen LogP contribution in [0.1, 0.15) is 55.1 Å². The Morgan fingerprint density at radius 3 is 2.38 bits per heavy atom. The molecular formula is C24H26F3N3O4. The Morgan fingerprint density at radius 1 is 1.03 bits per heavy atom. The molecule has 2 N–H and O–H groups in total. The van der Waals surface area contributed by atoms with Gasteiger partial charge >= 0.3 is 6.18 Å². The Kier molecular flexibility index (Phi) is 5.55. The summed E-state index contributed by atoms with van der Waals surface area (Å²) in [6.45, 7) is 2.65. The second-order valence-corrected chi connectivity index (χ2v) is 9.68. The number of nitrogens with one attached hydrogen (secondary N) is 2. The summed E-state index contributed by atoms with van der Waals surface area (Å²) in [5.74, 6) is -0.535. The van der Waals surface area contributed by atoms with Crippen molar-refractivity contribution in [3.63, 3.8) is 0 Å². The van der Waals surface area contributed by atoms with Gasteiger partial charge in [0.15, 0.2) is 0 Å². The van der Waals surface area contributed by atoms with Crippen molar-refractivity contribution in [2.45, 2.75) is 68.5 Å². The molecule has 2 amide bonds. The van der Waals surface area contributed by atoms with E-state index in [0.29, 0.717) is 36.8 Å². The maximum absolute atomic E-state index is 12.9. The van der Waals surface area contributed by atoms with E-state index in [9.17, 15) is 22.8 Å². The molecular weight excluding hydrogens is 451 g/mol. The number of carbonyl (C=O) groups is 2. The smallest absolute Gasteiger partial charge is 0.378 e. The standard InChI is InChI=1S/C24H26F3N3O4/c1-2-33-16-8-17(9-16)34-10-20(31)29-22-11-23(12-22,13-22)30-21(32)19-5-3-14-7-15(24(25,26)27)4-6-18(14)28-19/h3-7,16-17H,2,8-13H2,1H3,(H,29,31)(H,30,32)/t16-,17+,22?,23?. The third-order valence-corrected chi connectivity index (χ3v) is 6.97. The summed E-state index contributed by atoms with van der Waals surface area (Å²) in [6, 6.07) is 6.13. The molecule has 4 saturated carbocycles. The largest absolute Gasteiger partial charge is 0.416 e. The second-order valence-electron chi connectivity index (χ2n) is 9.68. The molecule has 34 heavy (non-hydrogen) atoms. The van der Waals surface area contributed by atoms with Crippen molar-refractivity contribution < 1.29 is 32.2 Å². The van der Waals surface area contributed by atoms with Gasteiger partial charge < -0.3 is 20.1 Å². The van der Waals surface area contributed by atoms with E-state index in [1.807, 2.05) is 6.92 Å². The summed E-state index contributed by atoms with van der Waals surface area (Å²) < 4.78 is 49.8. The van der Waals surface area contributed by atoms with E-state index in [4.69, 9.17) is 9.47 Å². The van der Waals surface area contributed by atoms with Gasteiger partial charge in [0, 0.05) is 23.1 Å². The molecule has 4 aliphatic carbocycles. The van der Waals surface area contributed by atoms with Crippen molar-refractivity contribution in [3.05, 3.63) is 41.6 Å². The minimum absolute atomic E-state index is 0.0156. The van der Waals surface area contributed by atoms with Gasteiger partial charge in [-0.15, -0.1) is 0 Å². The number of carbonyl (C=O) groups excluding carboxylic acids is 2. The third kappa shape index (κ3) is 4.36. The number of hydrogen-bond acceptors (Lipinski definition) is 5. The average Bonchev–Trinajstić information content (AvgIpc) is 2.71. The lowest BCUT2D eigenvalue weighted by Gasteiger charge is -2.70. The molecule has 1 heterocycles. The molecule has 0 aliphatic heterocycles. The van der Waals surface area contributed by atoms with Crippen LogP contribution in [0.25, 0.3) is 10.9 Å². The van der Waals surface area contributed by atoms with Crippen LogP contribution in [0.3, 0.4) is 0 Å². The number of amides is 2. The highest BCUT2D eigenvalue weighted by Gasteiger charge is 2.69. The monoisotopic (exact) mass is 477 g/mol. The van der Waals surface area contributed by atoms with Crippen LogP contribution in [0, 0.1) is 0 Å². The topological polar surface area (TPSA) is 89.5 Å². The van der Waals surface area contributed by atoms with Gasteiger partial charge in [0.25, 0.3) is 5.91 Å². The van der Waals surface area contributed by atoms with Gasteiger partial charge in [-0.05, 0) is 63.3 Å². The van der Waals surface area contributed by atoms with Gasteiger partial charge in [-0.25, -0.2) is 4.98 Å². The number of rotatable bonds is 8. The molecule has 7 nitrogen and oxygen atoms in total. The molecule has 182 valence electrons. The summed E-state index contributed by atoms with van der Waals surface area (Å²) in [7, 11) is 0. The molecule has 2 bridgehead atoms. The van der Waals surface area contributed by atoms with Crippen LogP contribution in [0.5, 0.6) is 0 Å². The lowest BCUT2D eigenvalue weighted by atomic mass is 9.44. The van der Waals surface area contributed by atoms with Crippen LogP contribution in [-0.2, 0) is 20.4 Å². The minimum atomic E-state index is -4.43. The molecule has 2 aromatic rings. The van der Waals surface area contributed by atoms with Crippen LogP contribution in [0.15, 0.2) is 30.3 Å². The first kappa shape index (κ1) is 23.0. The van der Waals surface area contributed by atoms with Crippen LogP contribution in [0.4, 0.5) is 13.2 Å². The first-order valence-electron chi connectivity index (χ1n) is 11.4. The predicted molar refractivity (Wildman–Crippen MR) is 116 cm³/mol. The van der Waals surface area contributed by atoms with E-state index in [1.54, 1.807) is 0 Å². The number of halogens is 3. The quantitative estimate of drug-likeness (QED) is 0.609. The number of fused-ring (bicyclic) bond motifs is 1. The van der Waals surface area contributed by atoms with E-state index >= 15 is 0 Å². The molecule has 0 saturated heterocycles. The lowest BCUT2D eigenvalue weighted by molar-refractivity contribution is -0.151. The van der Waals surface area contributed by atoms with E-state index in [-0.39, 0.29) is 47.4 Å². The Bertz CT molecular complexity index is 1110. The Hall–Kier alpha value is -2.72. The lowest BCUT2D eigenvalue weighted by Crippen LogP contribution is -2.84. The van der Waals surface area contributed by atoms with Crippen LogP contribution in [0.2, 0.25) is 0 Å². The predicted octanol–water partition coefficient (Wildman–Crippen LogP) is 3.36. The zero-order valence-electron chi connectivity index (χ0n) is 18.7. The summed E-state index contributed by atoms with van der Waals surface area (Å²) in [6.07, 6.45) is -0.609. The van der Waals surface area contributed by atoms with Gasteiger partial charge in [0.05, 0.1) is 23.3 Å². The molecule has 6 rings (SSSR count). The highest BCUT2D eigenvalue weighted by atomic mass is 19.4. The second kappa shape index (κ2) is 8.20. The number of ether oxygens (including phenoxy) is 2. The summed E-state index contributed by atoms with van der Waals surface area (Å²) >= 11 is 0. The molecule has 0 spiro atoms. The molecule has 1 aromatic heterocycles. The third-order valence-electron chi connectivity index (χ3n) is 6.97. The Labute approximate surface area is 194 Å². The van der Waals surface area contributed by atoms with E-state index in [2.05, 4.69) is 15.6 Å². The number of nitrogens with zero attached hydrogens (tertiary/aromatic N) is 1. The number of hydrogen-bond donors (Lipinski definition) is 2. The number of pyridine rings is 1. The number of benzene rings is 1. The fourth-order valence-corrected chi connectivity index (χ4v) is 5.34. The molecule has 0 atom stereocenters. The van der Waals surface area contributed by atoms with E-state index in [1.165, 1.54) is 18.2 Å². The maximum Gasteiger partial charge on any atom is 0.416 e. The minimum Gasteiger partial charge on any atom is -0.378 e. The van der Waals surface area contributed by atoms with E-state index < -0.39 is 11.7 Å². The molecule has 10 heteroatoms. The van der Waals surface area contributed by atoms with Gasteiger partial charge in [-0.1, -0.05) is 6.07 Å². The Morgan fingerprint density at radius 2 is 1.71 bits per heavy atom. The van der Waals surface area contributed by atoms with Crippen LogP contribution < -0.4 is 10.6 Å². The fourth-order valence-electron chi connectivity index (χ4n) is 5.34. The number of aromatic nitrogens is 1. The van der Waals surface area contributed by atoms with E-state index in [0.717, 1.165) is 25.0 Å². The van der Waals surface area contributed by atoms with Crippen molar-refractivity contribution in [2.24, 2.45) is 0 Å². The molecule has 0 unspecified atom stereocenters. The normalized spacial score (nSPS) is 29.5. The number of alkyl halides is 3. The Balaban J connectivity index is 1.09. The van der Waals surface area contributed by atoms with Gasteiger partial charge in [0.2, 0.25) is 5.91 Å². The molecule has 0 radical (unpaired) electrons. The van der Waals surface area contributed by atoms with Crippen molar-refractivity contribution in [3.8, 4) is 0 Å². The van der Waals surface area contributed by atoms with Crippen molar-refractivity contribution in [1.82, 2.24) is 15.6 Å². The molecule has 4 fully saturated rings. The van der Waals surface area contributed by atoms with Gasteiger partial charge in [-0.3, -0.25) is 9.59 Å². The van der Waals surface area contributed by atoms with Crippen molar-refractivity contribution in [2.75, 3.05) is 13.2 Å². The summed E-state index contributed by atoms with van der Waals surface area (Å²) in [4.78, 5) is 29.2. The first-order chi connectivity index (χ1) is 16.1. The van der Waals surface area contributed by atoms with Crippen molar-refractivity contribution >= 4 is 22.7 Å². The molecule has 4 aliphatic rings. The maximum atomic E-state index is 12.9. The van der Waals surface area contributed by atoms with Crippen LogP contribution in [-0.4, -0.2) is 53.3 Å². The fraction of sp³-hybridized carbons (Fsp3) is 0.542. The summed E-state index contributed by atoms with van der Waals surface area (Å²) in [5, 5.41) is 6.32. The summed E-state index contributed by atoms with van der Waals surface area (Å²) in [5.41, 5.74) is -0.962. The highest BCUT2D eigenvalue weighted by Crippen LogP contribution is 2.60. The molecule has 1 aromatic carbocycles.